The van der Waals surface area contributed by atoms with Gasteiger partial charge in [0.2, 0.25) is 11.2 Å². The summed E-state index contributed by atoms with van der Waals surface area (Å²) in [7, 11) is 0. The second kappa shape index (κ2) is 9.30. The fraction of sp³-hybridized carbons (Fsp3) is 0.375. The quantitative estimate of drug-likeness (QED) is 0.571. The fourth-order valence-electron chi connectivity index (χ4n) is 3.85. The highest BCUT2D eigenvalue weighted by molar-refractivity contribution is 6.32. The van der Waals surface area contributed by atoms with Gasteiger partial charge in [-0.3, -0.25) is 4.79 Å². The standard InChI is InChI=1S/C24H26ClNO5/c1-15-9-19(10-16(2)23(15)25)31-22-14-30-21-11-18(5-6-20(21)24(22)28)29-13-17(27)12-26-7-3-4-8-26/h5-6,9-11,14,17,27H,3-4,7-8,12-13H2,1-2H3. The summed E-state index contributed by atoms with van der Waals surface area (Å²) >= 11 is 6.20. The predicted molar refractivity (Wildman–Crippen MR) is 121 cm³/mol. The van der Waals surface area contributed by atoms with Gasteiger partial charge in [-0.1, -0.05) is 11.6 Å². The number of hydrogen-bond acceptors (Lipinski definition) is 6. The van der Waals surface area contributed by atoms with Crippen LogP contribution in [0.2, 0.25) is 5.02 Å². The molecule has 1 N–H and O–H groups in total. The van der Waals surface area contributed by atoms with E-state index in [2.05, 4.69) is 4.90 Å². The van der Waals surface area contributed by atoms with Gasteiger partial charge in [-0.25, -0.2) is 0 Å². The van der Waals surface area contributed by atoms with E-state index in [0.717, 1.165) is 24.2 Å². The van der Waals surface area contributed by atoms with Gasteiger partial charge in [-0.2, -0.15) is 0 Å². The molecule has 1 saturated heterocycles. The molecule has 164 valence electrons. The van der Waals surface area contributed by atoms with Crippen LogP contribution in [-0.4, -0.2) is 42.4 Å². The Hall–Kier alpha value is -2.54. The summed E-state index contributed by atoms with van der Waals surface area (Å²) in [6.45, 7) is 6.61. The molecule has 4 rings (SSSR count). The molecule has 1 aliphatic heterocycles. The average molecular weight is 444 g/mol. The predicted octanol–water partition coefficient (Wildman–Crippen LogP) is 4.69. The average Bonchev–Trinajstić information content (AvgIpc) is 3.25. The Morgan fingerprint density at radius 1 is 1.13 bits per heavy atom. The molecular weight excluding hydrogens is 418 g/mol. The van der Waals surface area contributed by atoms with Crippen molar-refractivity contribution in [1.29, 1.82) is 0 Å². The van der Waals surface area contributed by atoms with Crippen LogP contribution in [0, 0.1) is 13.8 Å². The summed E-state index contributed by atoms with van der Waals surface area (Å²) in [4.78, 5) is 15.1. The molecule has 1 unspecified atom stereocenters. The number of rotatable bonds is 7. The number of aryl methyl sites for hydroxylation is 2. The Kier molecular flexibility index (Phi) is 6.51. The van der Waals surface area contributed by atoms with Gasteiger partial charge in [0.1, 0.15) is 36.1 Å². The number of aliphatic hydroxyl groups excluding tert-OH is 1. The molecule has 7 heteroatoms. The molecule has 6 nitrogen and oxygen atoms in total. The van der Waals surface area contributed by atoms with Crippen LogP contribution in [0.5, 0.6) is 17.2 Å². The fourth-order valence-corrected chi connectivity index (χ4v) is 3.96. The van der Waals surface area contributed by atoms with Gasteiger partial charge in [0, 0.05) is 17.6 Å². The van der Waals surface area contributed by atoms with E-state index in [1.54, 1.807) is 30.3 Å². The van der Waals surface area contributed by atoms with E-state index in [9.17, 15) is 9.90 Å². The number of likely N-dealkylation sites (tertiary alicyclic amines) is 1. The van der Waals surface area contributed by atoms with Gasteiger partial charge >= 0.3 is 0 Å². The monoisotopic (exact) mass is 443 g/mol. The smallest absolute Gasteiger partial charge is 0.235 e. The van der Waals surface area contributed by atoms with E-state index in [0.29, 0.717) is 34.0 Å². The molecule has 0 bridgehead atoms. The summed E-state index contributed by atoms with van der Waals surface area (Å²) in [5.74, 6) is 1.16. The Bertz CT molecular complexity index is 1110. The van der Waals surface area contributed by atoms with Crippen LogP contribution >= 0.6 is 11.6 Å². The van der Waals surface area contributed by atoms with Gasteiger partial charge < -0.3 is 23.9 Å². The van der Waals surface area contributed by atoms with Crippen LogP contribution in [-0.2, 0) is 0 Å². The largest absolute Gasteiger partial charge is 0.491 e. The number of hydrogen-bond donors (Lipinski definition) is 1. The van der Waals surface area contributed by atoms with Crippen molar-refractivity contribution in [3.05, 3.63) is 63.0 Å². The normalized spacial score (nSPS) is 15.4. The highest BCUT2D eigenvalue weighted by atomic mass is 35.5. The third kappa shape index (κ3) is 5.03. The SMILES string of the molecule is Cc1cc(Oc2coc3cc(OCC(O)CN4CCCC4)ccc3c2=O)cc(C)c1Cl. The summed E-state index contributed by atoms with van der Waals surface area (Å²) in [5.41, 5.74) is 1.87. The third-order valence-electron chi connectivity index (χ3n) is 5.46. The molecule has 1 fully saturated rings. The Balaban J connectivity index is 1.47. The van der Waals surface area contributed by atoms with Crippen LogP contribution < -0.4 is 14.9 Å². The number of benzene rings is 2. The van der Waals surface area contributed by atoms with E-state index in [-0.39, 0.29) is 17.8 Å². The first-order valence-electron chi connectivity index (χ1n) is 10.4. The van der Waals surface area contributed by atoms with E-state index < -0.39 is 6.10 Å². The van der Waals surface area contributed by atoms with Gasteiger partial charge in [0.15, 0.2) is 0 Å². The second-order valence-electron chi connectivity index (χ2n) is 8.03. The maximum absolute atomic E-state index is 12.8. The number of fused-ring (bicyclic) bond motifs is 1. The van der Waals surface area contributed by atoms with Crippen molar-refractivity contribution in [2.45, 2.75) is 32.8 Å². The number of β-amino-alcohol motifs (C(OH)–C–C–N with tert-alkyl or cyclic N) is 1. The summed E-state index contributed by atoms with van der Waals surface area (Å²) < 4.78 is 17.1. The summed E-state index contributed by atoms with van der Waals surface area (Å²) in [5, 5.41) is 11.3. The zero-order valence-electron chi connectivity index (χ0n) is 17.7. The van der Waals surface area contributed by atoms with Crippen LogP contribution in [0.4, 0.5) is 0 Å². The van der Waals surface area contributed by atoms with Crippen molar-refractivity contribution in [3.63, 3.8) is 0 Å². The molecule has 0 aliphatic carbocycles. The molecular formula is C24H26ClNO5. The lowest BCUT2D eigenvalue weighted by Crippen LogP contribution is -2.33. The van der Waals surface area contributed by atoms with Crippen molar-refractivity contribution in [2.75, 3.05) is 26.2 Å². The number of ether oxygens (including phenoxy) is 2. The molecule has 31 heavy (non-hydrogen) atoms. The molecule has 0 spiro atoms. The molecule has 1 aromatic heterocycles. The number of halogens is 1. The zero-order chi connectivity index (χ0) is 22.0. The lowest BCUT2D eigenvalue weighted by molar-refractivity contribution is 0.0758. The molecule has 0 radical (unpaired) electrons. The van der Waals surface area contributed by atoms with Crippen LogP contribution in [0.1, 0.15) is 24.0 Å². The van der Waals surface area contributed by atoms with E-state index in [1.807, 2.05) is 13.8 Å². The first-order chi connectivity index (χ1) is 14.9. The first kappa shape index (κ1) is 21.7. The van der Waals surface area contributed by atoms with Crippen LogP contribution in [0.25, 0.3) is 11.0 Å². The first-order valence-corrected chi connectivity index (χ1v) is 10.8. The Morgan fingerprint density at radius 2 is 1.84 bits per heavy atom. The zero-order valence-corrected chi connectivity index (χ0v) is 18.4. The minimum atomic E-state index is -0.567. The second-order valence-corrected chi connectivity index (χ2v) is 8.41. The highest BCUT2D eigenvalue weighted by Crippen LogP contribution is 2.29. The molecule has 0 amide bonds. The van der Waals surface area contributed by atoms with Crippen LogP contribution in [0.15, 0.2) is 45.8 Å². The summed E-state index contributed by atoms with van der Waals surface area (Å²) in [6, 6.07) is 8.56. The molecule has 1 atom stereocenters. The van der Waals surface area contributed by atoms with Crippen molar-refractivity contribution in [1.82, 2.24) is 4.90 Å². The molecule has 2 aromatic carbocycles. The lowest BCUT2D eigenvalue weighted by Gasteiger charge is -2.19. The number of aliphatic hydroxyl groups is 1. The van der Waals surface area contributed by atoms with Crippen molar-refractivity contribution >= 4 is 22.6 Å². The maximum Gasteiger partial charge on any atom is 0.235 e. The van der Waals surface area contributed by atoms with E-state index in [4.69, 9.17) is 25.5 Å². The van der Waals surface area contributed by atoms with Crippen molar-refractivity contribution in [3.8, 4) is 17.2 Å². The van der Waals surface area contributed by atoms with E-state index >= 15 is 0 Å². The van der Waals surface area contributed by atoms with Crippen molar-refractivity contribution < 1.29 is 19.0 Å². The molecule has 0 saturated carbocycles. The lowest BCUT2D eigenvalue weighted by atomic mass is 10.1. The maximum atomic E-state index is 12.8. The van der Waals surface area contributed by atoms with Gasteiger partial charge in [0.05, 0.1) is 5.39 Å². The van der Waals surface area contributed by atoms with Gasteiger partial charge in [-0.05, 0) is 75.2 Å². The van der Waals surface area contributed by atoms with Gasteiger partial charge in [-0.15, -0.1) is 0 Å². The molecule has 1 aliphatic rings. The number of nitrogens with zero attached hydrogens (tertiary/aromatic N) is 1. The van der Waals surface area contributed by atoms with Crippen molar-refractivity contribution in [2.24, 2.45) is 0 Å². The highest BCUT2D eigenvalue weighted by Gasteiger charge is 2.17. The van der Waals surface area contributed by atoms with Gasteiger partial charge in [0.25, 0.3) is 0 Å². The molecule has 3 aromatic rings. The Labute approximate surface area is 185 Å². The Morgan fingerprint density at radius 3 is 2.55 bits per heavy atom. The molecule has 2 heterocycles. The summed E-state index contributed by atoms with van der Waals surface area (Å²) in [6.07, 6.45) is 3.10. The minimum Gasteiger partial charge on any atom is -0.491 e. The van der Waals surface area contributed by atoms with E-state index in [1.165, 1.54) is 19.1 Å². The topological polar surface area (TPSA) is 72.1 Å². The third-order valence-corrected chi connectivity index (χ3v) is 6.06. The van der Waals surface area contributed by atoms with Crippen LogP contribution in [0.3, 0.4) is 0 Å². The minimum absolute atomic E-state index is 0.100.